The van der Waals surface area contributed by atoms with Crippen LogP contribution in [0.4, 0.5) is 0 Å². The smallest absolute Gasteiger partial charge is 0.245 e. The zero-order chi connectivity index (χ0) is 22.0. The number of hydrogen-bond acceptors (Lipinski definition) is 5. The van der Waals surface area contributed by atoms with E-state index in [2.05, 4.69) is 4.98 Å². The lowest BCUT2D eigenvalue weighted by Crippen LogP contribution is -2.50. The number of piperazine rings is 1. The number of fused-ring (bicyclic) bond motifs is 1. The van der Waals surface area contributed by atoms with Crippen molar-refractivity contribution < 1.29 is 17.9 Å². The third kappa shape index (κ3) is 4.40. The van der Waals surface area contributed by atoms with Crippen molar-refractivity contribution in [1.29, 1.82) is 0 Å². The number of carbonyl (C=O) groups is 1. The molecule has 0 atom stereocenters. The molecule has 1 amide bonds. The summed E-state index contributed by atoms with van der Waals surface area (Å²) in [5.41, 5.74) is 2.33. The predicted molar refractivity (Wildman–Crippen MR) is 119 cm³/mol. The molecule has 0 aliphatic carbocycles. The maximum Gasteiger partial charge on any atom is 0.245 e. The van der Waals surface area contributed by atoms with Gasteiger partial charge in [0.25, 0.3) is 0 Å². The summed E-state index contributed by atoms with van der Waals surface area (Å²) in [6.07, 6.45) is 1.94. The summed E-state index contributed by atoms with van der Waals surface area (Å²) in [7, 11) is -2.11. The molecular formula is C23H25N3O4S. The van der Waals surface area contributed by atoms with Crippen molar-refractivity contribution in [1.82, 2.24) is 14.2 Å². The minimum atomic E-state index is -3.70. The van der Waals surface area contributed by atoms with E-state index in [1.807, 2.05) is 43.3 Å². The molecule has 7 nitrogen and oxygen atoms in total. The van der Waals surface area contributed by atoms with Gasteiger partial charge in [-0.15, -0.1) is 0 Å². The highest BCUT2D eigenvalue weighted by Gasteiger charge is 2.31. The number of aryl methyl sites for hydroxylation is 1. The molecule has 0 saturated carbocycles. The van der Waals surface area contributed by atoms with Gasteiger partial charge >= 0.3 is 0 Å². The Labute approximate surface area is 182 Å². The highest BCUT2D eigenvalue weighted by molar-refractivity contribution is 7.89. The Morgan fingerprint density at radius 3 is 2.55 bits per heavy atom. The van der Waals surface area contributed by atoms with Gasteiger partial charge in [-0.2, -0.15) is 4.31 Å². The van der Waals surface area contributed by atoms with Crippen molar-refractivity contribution in [3.8, 4) is 5.75 Å². The Bertz CT molecular complexity index is 1220. The molecule has 2 heterocycles. The van der Waals surface area contributed by atoms with Gasteiger partial charge in [0.15, 0.2) is 0 Å². The van der Waals surface area contributed by atoms with Crippen molar-refractivity contribution >= 4 is 26.8 Å². The zero-order valence-electron chi connectivity index (χ0n) is 17.6. The molecule has 0 bridgehead atoms. The minimum absolute atomic E-state index is 0.0207. The number of hydrogen-bond donors (Lipinski definition) is 0. The first-order chi connectivity index (χ1) is 14.9. The van der Waals surface area contributed by atoms with Crippen LogP contribution in [0, 0.1) is 6.92 Å². The Hall–Kier alpha value is -2.97. The Morgan fingerprint density at radius 2 is 1.81 bits per heavy atom. The van der Waals surface area contributed by atoms with Crippen LogP contribution in [0.15, 0.2) is 59.6 Å². The van der Waals surface area contributed by atoms with E-state index in [1.165, 1.54) is 4.31 Å². The number of aromatic nitrogens is 1. The van der Waals surface area contributed by atoms with E-state index < -0.39 is 10.0 Å². The monoisotopic (exact) mass is 439 g/mol. The van der Waals surface area contributed by atoms with E-state index in [0.29, 0.717) is 24.4 Å². The van der Waals surface area contributed by atoms with Crippen LogP contribution >= 0.6 is 0 Å². The average molecular weight is 440 g/mol. The van der Waals surface area contributed by atoms with Crippen LogP contribution < -0.4 is 4.74 Å². The van der Waals surface area contributed by atoms with Gasteiger partial charge in [-0.25, -0.2) is 8.42 Å². The topological polar surface area (TPSA) is 79.8 Å². The Kier molecular flexibility index (Phi) is 5.93. The predicted octanol–water partition coefficient (Wildman–Crippen LogP) is 2.63. The number of para-hydroxylation sites is 1. The fraction of sp³-hybridized carbons (Fsp3) is 0.304. The molecular weight excluding hydrogens is 414 g/mol. The number of nitrogens with zero attached hydrogens (tertiary/aromatic N) is 3. The summed E-state index contributed by atoms with van der Waals surface area (Å²) in [5.74, 6) is 0.688. The lowest BCUT2D eigenvalue weighted by atomic mass is 10.1. The lowest BCUT2D eigenvalue weighted by Gasteiger charge is -2.34. The average Bonchev–Trinajstić information content (AvgIpc) is 2.78. The first kappa shape index (κ1) is 21.3. The third-order valence-electron chi connectivity index (χ3n) is 5.51. The van der Waals surface area contributed by atoms with Gasteiger partial charge in [-0.1, -0.05) is 24.3 Å². The van der Waals surface area contributed by atoms with E-state index >= 15 is 0 Å². The first-order valence-corrected chi connectivity index (χ1v) is 11.6. The van der Waals surface area contributed by atoms with Crippen molar-refractivity contribution in [2.24, 2.45) is 0 Å². The van der Waals surface area contributed by atoms with Gasteiger partial charge in [0.1, 0.15) is 10.6 Å². The molecule has 162 valence electrons. The number of amides is 1. The number of ether oxygens (including phenoxy) is 1. The summed E-state index contributed by atoms with van der Waals surface area (Å²) in [4.78, 5) is 19.0. The van der Waals surface area contributed by atoms with Crippen molar-refractivity contribution in [3.63, 3.8) is 0 Å². The molecule has 1 aromatic heterocycles. The number of rotatable bonds is 5. The van der Waals surface area contributed by atoms with Crippen LogP contribution in [0.5, 0.6) is 5.75 Å². The van der Waals surface area contributed by atoms with Crippen LogP contribution in [0.2, 0.25) is 0 Å². The Balaban J connectivity index is 1.46. The van der Waals surface area contributed by atoms with Gasteiger partial charge in [0.2, 0.25) is 15.9 Å². The minimum Gasteiger partial charge on any atom is -0.497 e. The highest BCUT2D eigenvalue weighted by Crippen LogP contribution is 2.25. The Morgan fingerprint density at radius 1 is 1.06 bits per heavy atom. The molecule has 1 fully saturated rings. The number of pyridine rings is 1. The second-order valence-corrected chi connectivity index (χ2v) is 9.56. The molecule has 1 saturated heterocycles. The third-order valence-corrected chi connectivity index (χ3v) is 7.44. The van der Waals surface area contributed by atoms with E-state index in [1.54, 1.807) is 30.3 Å². The van der Waals surface area contributed by atoms with Gasteiger partial charge in [-0.3, -0.25) is 9.78 Å². The van der Waals surface area contributed by atoms with Crippen LogP contribution in [-0.2, 0) is 21.2 Å². The molecule has 31 heavy (non-hydrogen) atoms. The number of carbonyl (C=O) groups excluding carboxylic acids is 1. The summed E-state index contributed by atoms with van der Waals surface area (Å²) in [5, 5.41) is 0.799. The second kappa shape index (κ2) is 8.64. The second-order valence-electron chi connectivity index (χ2n) is 7.65. The van der Waals surface area contributed by atoms with Crippen molar-refractivity contribution in [2.75, 3.05) is 33.3 Å². The molecule has 8 heteroatoms. The maximum atomic E-state index is 13.3. The molecule has 1 aliphatic rings. The van der Waals surface area contributed by atoms with Crippen molar-refractivity contribution in [2.45, 2.75) is 18.2 Å². The number of benzene rings is 2. The quantitative estimate of drug-likeness (QED) is 0.611. The first-order valence-electron chi connectivity index (χ1n) is 10.1. The normalized spacial score (nSPS) is 15.2. The summed E-state index contributed by atoms with van der Waals surface area (Å²) in [6, 6.07) is 14.5. The molecule has 0 spiro atoms. The van der Waals surface area contributed by atoms with Crippen LogP contribution in [0.3, 0.4) is 0 Å². The van der Waals surface area contributed by atoms with Gasteiger partial charge < -0.3 is 9.64 Å². The van der Waals surface area contributed by atoms with Gasteiger partial charge in [0, 0.05) is 37.8 Å². The fourth-order valence-electron chi connectivity index (χ4n) is 3.84. The van der Waals surface area contributed by atoms with Crippen LogP contribution in [-0.4, -0.2) is 61.8 Å². The van der Waals surface area contributed by atoms with E-state index in [-0.39, 0.29) is 30.3 Å². The van der Waals surface area contributed by atoms with E-state index in [9.17, 15) is 13.2 Å². The molecule has 0 N–H and O–H groups in total. The largest absolute Gasteiger partial charge is 0.497 e. The standard InChI is InChI=1S/C23H25N3O4S/c1-17-13-19-6-4-8-21(23(19)24-16-17)31(28,29)26-11-9-25(10-12-26)22(27)15-18-5-3-7-20(14-18)30-2/h3-8,13-14,16H,9-12,15H2,1-2H3. The number of methoxy groups -OCH3 is 1. The fourth-order valence-corrected chi connectivity index (χ4v) is 5.42. The van der Waals surface area contributed by atoms with Gasteiger partial charge in [0.05, 0.1) is 19.0 Å². The van der Waals surface area contributed by atoms with Crippen LogP contribution in [0.1, 0.15) is 11.1 Å². The lowest BCUT2D eigenvalue weighted by molar-refractivity contribution is -0.131. The SMILES string of the molecule is COc1cccc(CC(=O)N2CCN(S(=O)(=O)c3cccc4cc(C)cnc34)CC2)c1. The summed E-state index contributed by atoms with van der Waals surface area (Å²) in [6.45, 7) is 3.16. The molecule has 3 aromatic rings. The zero-order valence-corrected chi connectivity index (χ0v) is 18.4. The number of sulfonamides is 1. The highest BCUT2D eigenvalue weighted by atomic mass is 32.2. The van der Waals surface area contributed by atoms with Crippen LogP contribution in [0.25, 0.3) is 10.9 Å². The van der Waals surface area contributed by atoms with E-state index in [0.717, 1.165) is 16.5 Å². The molecule has 1 aliphatic heterocycles. The van der Waals surface area contributed by atoms with E-state index in [4.69, 9.17) is 4.74 Å². The molecule has 2 aromatic carbocycles. The van der Waals surface area contributed by atoms with Gasteiger partial charge in [-0.05, 0) is 42.3 Å². The van der Waals surface area contributed by atoms with Crippen molar-refractivity contribution in [3.05, 3.63) is 65.9 Å². The summed E-state index contributed by atoms with van der Waals surface area (Å²) >= 11 is 0. The molecule has 0 unspecified atom stereocenters. The maximum absolute atomic E-state index is 13.3. The summed E-state index contributed by atoms with van der Waals surface area (Å²) < 4.78 is 33.2. The molecule has 4 rings (SSSR count). The molecule has 0 radical (unpaired) electrons.